The number of rotatable bonds is 3. The van der Waals surface area contributed by atoms with E-state index in [0.29, 0.717) is 5.82 Å². The van der Waals surface area contributed by atoms with Crippen LogP contribution < -0.4 is 0 Å². The third kappa shape index (κ3) is 3.35. The number of nitrogens with one attached hydrogen (secondary N) is 1. The molecule has 0 fully saturated rings. The van der Waals surface area contributed by atoms with Crippen molar-refractivity contribution >= 4 is 0 Å². The summed E-state index contributed by atoms with van der Waals surface area (Å²) in [4.78, 5) is 19.8. The van der Waals surface area contributed by atoms with Crippen LogP contribution in [0.25, 0.3) is 11.4 Å². The summed E-state index contributed by atoms with van der Waals surface area (Å²) >= 11 is 0. The summed E-state index contributed by atoms with van der Waals surface area (Å²) in [6.07, 6.45) is 9.82. The minimum Gasteiger partial charge on any atom is -0.294 e. The molecule has 26 heavy (non-hydrogen) atoms. The summed E-state index contributed by atoms with van der Waals surface area (Å²) < 4.78 is 0. The zero-order chi connectivity index (χ0) is 18.1. The van der Waals surface area contributed by atoms with E-state index in [1.807, 2.05) is 12.4 Å². The Labute approximate surface area is 152 Å². The van der Waals surface area contributed by atoms with E-state index in [2.05, 4.69) is 50.8 Å². The predicted octanol–water partition coefficient (Wildman–Crippen LogP) is 2.51. The first-order chi connectivity index (χ1) is 12.5. The number of hydrogen-bond donors (Lipinski definition) is 1. The van der Waals surface area contributed by atoms with Crippen molar-refractivity contribution < 1.29 is 0 Å². The molecule has 0 aromatic carbocycles. The van der Waals surface area contributed by atoms with Gasteiger partial charge in [0.2, 0.25) is 0 Å². The topological polar surface area (TPSA) is 83.5 Å². The molecule has 0 radical (unpaired) electrons. The molecule has 0 bridgehead atoms. The molecule has 1 N–H and O–H groups in total. The van der Waals surface area contributed by atoms with E-state index < -0.39 is 0 Å². The molecule has 134 valence electrons. The van der Waals surface area contributed by atoms with E-state index >= 15 is 0 Å². The molecule has 7 heteroatoms. The number of aromatic amines is 1. The molecule has 4 rings (SSSR count). The maximum absolute atomic E-state index is 4.74. The molecule has 0 spiro atoms. The van der Waals surface area contributed by atoms with Crippen molar-refractivity contribution in [2.45, 2.75) is 45.7 Å². The summed E-state index contributed by atoms with van der Waals surface area (Å²) in [5, 5.41) is 7.42. The van der Waals surface area contributed by atoms with Crippen molar-refractivity contribution in [1.82, 2.24) is 35.0 Å². The molecule has 3 aromatic rings. The fourth-order valence-corrected chi connectivity index (χ4v) is 3.38. The molecule has 0 saturated heterocycles. The molecule has 0 amide bonds. The Morgan fingerprint density at radius 3 is 2.69 bits per heavy atom. The summed E-state index contributed by atoms with van der Waals surface area (Å²) in [5.74, 6) is 0.697. The molecule has 0 atom stereocenters. The summed E-state index contributed by atoms with van der Waals surface area (Å²) in [5.41, 5.74) is 5.70. The van der Waals surface area contributed by atoms with Gasteiger partial charge in [0, 0.05) is 66.9 Å². The molecule has 4 heterocycles. The molecule has 0 aliphatic carbocycles. The van der Waals surface area contributed by atoms with Crippen LogP contribution in [0, 0.1) is 0 Å². The average Bonchev–Trinajstić information content (AvgIpc) is 3.10. The molecule has 0 unspecified atom stereocenters. The molecule has 0 saturated carbocycles. The zero-order valence-electron chi connectivity index (χ0n) is 15.4. The van der Waals surface area contributed by atoms with Crippen molar-refractivity contribution in [1.29, 1.82) is 0 Å². The number of aromatic nitrogens is 6. The Morgan fingerprint density at radius 1 is 1.12 bits per heavy atom. The number of hydrogen-bond acceptors (Lipinski definition) is 6. The van der Waals surface area contributed by atoms with Crippen LogP contribution in [-0.4, -0.2) is 41.6 Å². The summed E-state index contributed by atoms with van der Waals surface area (Å²) in [6.45, 7) is 9.34. The second-order valence-electron chi connectivity index (χ2n) is 7.77. The quantitative estimate of drug-likeness (QED) is 0.782. The van der Waals surface area contributed by atoms with Crippen LogP contribution in [0.5, 0.6) is 0 Å². The van der Waals surface area contributed by atoms with Gasteiger partial charge in [-0.15, -0.1) is 0 Å². The second-order valence-corrected chi connectivity index (χ2v) is 7.77. The number of H-pyrrole nitrogens is 1. The summed E-state index contributed by atoms with van der Waals surface area (Å²) in [6, 6.07) is 0. The third-order valence-electron chi connectivity index (χ3n) is 4.69. The maximum atomic E-state index is 4.74. The van der Waals surface area contributed by atoms with Crippen molar-refractivity contribution in [3.8, 4) is 11.4 Å². The zero-order valence-corrected chi connectivity index (χ0v) is 15.4. The van der Waals surface area contributed by atoms with Gasteiger partial charge in [-0.3, -0.25) is 10.00 Å². The Kier molecular flexibility index (Phi) is 4.24. The van der Waals surface area contributed by atoms with Gasteiger partial charge in [-0.05, 0) is 0 Å². The van der Waals surface area contributed by atoms with E-state index in [4.69, 9.17) is 4.98 Å². The van der Waals surface area contributed by atoms with Crippen molar-refractivity contribution in [3.05, 3.63) is 53.6 Å². The normalized spacial score (nSPS) is 15.0. The van der Waals surface area contributed by atoms with Gasteiger partial charge in [-0.1, -0.05) is 20.8 Å². The van der Waals surface area contributed by atoms with E-state index in [0.717, 1.165) is 37.3 Å². The maximum Gasteiger partial charge on any atom is 0.162 e. The highest BCUT2D eigenvalue weighted by Gasteiger charge is 2.24. The second kappa shape index (κ2) is 6.57. The van der Waals surface area contributed by atoms with Crippen molar-refractivity contribution in [2.24, 2.45) is 0 Å². The largest absolute Gasteiger partial charge is 0.294 e. The third-order valence-corrected chi connectivity index (χ3v) is 4.69. The highest BCUT2D eigenvalue weighted by Crippen LogP contribution is 2.26. The molecular formula is C19H23N7. The van der Waals surface area contributed by atoms with Gasteiger partial charge >= 0.3 is 0 Å². The molecule has 3 aromatic heterocycles. The van der Waals surface area contributed by atoms with E-state index in [1.165, 1.54) is 23.1 Å². The lowest BCUT2D eigenvalue weighted by Crippen LogP contribution is -2.31. The summed E-state index contributed by atoms with van der Waals surface area (Å²) in [7, 11) is 0. The Balaban J connectivity index is 1.51. The molecule has 1 aliphatic heterocycles. The van der Waals surface area contributed by atoms with Gasteiger partial charge in [0.25, 0.3) is 0 Å². The van der Waals surface area contributed by atoms with Crippen molar-refractivity contribution in [3.63, 3.8) is 0 Å². The SMILES string of the molecule is CC(C)(C)c1[nH]ncc1CN1CCc2nc(-c3cncnc3)ncc2C1. The highest BCUT2D eigenvalue weighted by molar-refractivity contribution is 5.52. The lowest BCUT2D eigenvalue weighted by atomic mass is 9.89. The fourth-order valence-electron chi connectivity index (χ4n) is 3.38. The minimum absolute atomic E-state index is 0.0648. The standard InChI is InChI=1S/C19H23N7/c1-19(2,3)17-15(9-23-25-17)11-26-5-4-16-14(10-26)8-22-18(24-16)13-6-20-12-21-7-13/h6-9,12H,4-5,10-11H2,1-3H3,(H,23,25). The Morgan fingerprint density at radius 2 is 1.92 bits per heavy atom. The molecular weight excluding hydrogens is 326 g/mol. The van der Waals surface area contributed by atoms with Crippen LogP contribution in [0.15, 0.2) is 31.1 Å². The lowest BCUT2D eigenvalue weighted by molar-refractivity contribution is 0.241. The smallest absolute Gasteiger partial charge is 0.162 e. The average molecular weight is 349 g/mol. The van der Waals surface area contributed by atoms with Gasteiger partial charge in [-0.25, -0.2) is 19.9 Å². The number of fused-ring (bicyclic) bond motifs is 1. The fraction of sp³-hybridized carbons (Fsp3) is 0.421. The minimum atomic E-state index is 0.0648. The van der Waals surface area contributed by atoms with Crippen LogP contribution in [0.4, 0.5) is 0 Å². The van der Waals surface area contributed by atoms with Crippen LogP contribution in [0.3, 0.4) is 0 Å². The van der Waals surface area contributed by atoms with Crippen LogP contribution >= 0.6 is 0 Å². The Hall–Kier alpha value is -2.67. The lowest BCUT2D eigenvalue weighted by Gasteiger charge is -2.29. The first-order valence-electron chi connectivity index (χ1n) is 8.86. The van der Waals surface area contributed by atoms with Gasteiger partial charge in [0.15, 0.2) is 5.82 Å². The highest BCUT2D eigenvalue weighted by atomic mass is 15.2. The number of nitrogens with zero attached hydrogens (tertiary/aromatic N) is 6. The first kappa shape index (κ1) is 16.8. The molecule has 1 aliphatic rings. The van der Waals surface area contributed by atoms with Crippen molar-refractivity contribution in [2.75, 3.05) is 6.54 Å². The van der Waals surface area contributed by atoms with E-state index in [1.54, 1.807) is 12.4 Å². The van der Waals surface area contributed by atoms with Gasteiger partial charge in [-0.2, -0.15) is 5.10 Å². The van der Waals surface area contributed by atoms with Crippen LogP contribution in [-0.2, 0) is 24.9 Å². The van der Waals surface area contributed by atoms with Gasteiger partial charge in [0.05, 0.1) is 17.5 Å². The van der Waals surface area contributed by atoms with Gasteiger partial charge in [0.1, 0.15) is 6.33 Å². The predicted molar refractivity (Wildman–Crippen MR) is 98.2 cm³/mol. The van der Waals surface area contributed by atoms with Crippen LogP contribution in [0.1, 0.15) is 43.3 Å². The first-order valence-corrected chi connectivity index (χ1v) is 8.86. The molecule has 7 nitrogen and oxygen atoms in total. The monoisotopic (exact) mass is 349 g/mol. The van der Waals surface area contributed by atoms with E-state index in [9.17, 15) is 0 Å². The van der Waals surface area contributed by atoms with E-state index in [-0.39, 0.29) is 5.41 Å². The van der Waals surface area contributed by atoms with Gasteiger partial charge < -0.3 is 0 Å². The Bertz CT molecular complexity index is 896. The van der Waals surface area contributed by atoms with Crippen LogP contribution in [0.2, 0.25) is 0 Å².